The van der Waals surface area contributed by atoms with Crippen LogP contribution in [0.2, 0.25) is 5.02 Å². The Bertz CT molecular complexity index is 707. The molecule has 3 amide bonds. The van der Waals surface area contributed by atoms with Crippen LogP contribution in [0.1, 0.15) is 0 Å². The molecule has 1 saturated heterocycles. The number of sulfone groups is 1. The second-order valence-electron chi connectivity index (χ2n) is 4.58. The maximum atomic E-state index is 13.6. The highest BCUT2D eigenvalue weighted by Gasteiger charge is 2.34. The normalized spacial score (nSPS) is 16.0. The summed E-state index contributed by atoms with van der Waals surface area (Å²) in [5.41, 5.74) is 0. The average molecular weight is 335 g/mol. The Morgan fingerprint density at radius 3 is 2.57 bits per heavy atom. The molecule has 1 aromatic rings. The maximum Gasteiger partial charge on any atom is 0.326 e. The van der Waals surface area contributed by atoms with Crippen molar-refractivity contribution in [1.29, 1.82) is 0 Å². The molecule has 0 aromatic heterocycles. The minimum Gasteiger partial charge on any atom is -0.318 e. The zero-order chi connectivity index (χ0) is 15.8. The van der Waals surface area contributed by atoms with Gasteiger partial charge in [-0.15, -0.1) is 0 Å². The molecule has 0 saturated carbocycles. The van der Waals surface area contributed by atoms with Crippen molar-refractivity contribution >= 4 is 33.4 Å². The lowest BCUT2D eigenvalue weighted by molar-refractivity contribution is -0.125. The first-order valence-corrected chi connectivity index (χ1v) is 7.98. The molecule has 0 spiro atoms. The lowest BCUT2D eigenvalue weighted by atomic mass is 10.3. The van der Waals surface area contributed by atoms with Gasteiger partial charge in [-0.05, 0) is 18.2 Å². The fourth-order valence-electron chi connectivity index (χ4n) is 1.93. The zero-order valence-corrected chi connectivity index (χ0v) is 12.6. The van der Waals surface area contributed by atoms with Gasteiger partial charge in [-0.25, -0.2) is 17.6 Å². The largest absolute Gasteiger partial charge is 0.326 e. The van der Waals surface area contributed by atoms with Crippen molar-refractivity contribution in [1.82, 2.24) is 9.80 Å². The number of hydrogen-bond acceptors (Lipinski definition) is 4. The molecule has 2 rings (SSSR count). The van der Waals surface area contributed by atoms with Crippen molar-refractivity contribution in [2.45, 2.75) is 4.90 Å². The van der Waals surface area contributed by atoms with Crippen LogP contribution in [0.3, 0.4) is 0 Å². The zero-order valence-electron chi connectivity index (χ0n) is 11.0. The van der Waals surface area contributed by atoms with Crippen LogP contribution in [-0.2, 0) is 14.6 Å². The Hall–Kier alpha value is -1.67. The van der Waals surface area contributed by atoms with Gasteiger partial charge in [0.05, 0.1) is 5.75 Å². The number of rotatable bonds is 4. The van der Waals surface area contributed by atoms with E-state index >= 15 is 0 Å². The molecule has 1 heterocycles. The molecule has 1 aromatic carbocycles. The van der Waals surface area contributed by atoms with Crippen LogP contribution in [0.15, 0.2) is 23.1 Å². The molecular weight excluding hydrogens is 323 g/mol. The number of likely N-dealkylation sites (N-methyl/N-ethyl adjacent to an activating group) is 1. The molecule has 0 atom stereocenters. The quantitative estimate of drug-likeness (QED) is 0.774. The summed E-state index contributed by atoms with van der Waals surface area (Å²) in [6.07, 6.45) is 0. The fraction of sp³-hybridized carbons (Fsp3) is 0.333. The molecule has 0 aliphatic carbocycles. The number of hydrogen-bond donors (Lipinski definition) is 0. The summed E-state index contributed by atoms with van der Waals surface area (Å²) in [6, 6.07) is 2.63. The van der Waals surface area contributed by atoms with Crippen molar-refractivity contribution in [3.05, 3.63) is 29.0 Å². The van der Waals surface area contributed by atoms with E-state index in [2.05, 4.69) is 0 Å². The van der Waals surface area contributed by atoms with Crippen LogP contribution in [0.4, 0.5) is 9.18 Å². The van der Waals surface area contributed by atoms with Gasteiger partial charge in [0.2, 0.25) is 5.91 Å². The van der Waals surface area contributed by atoms with Crippen molar-refractivity contribution in [3.63, 3.8) is 0 Å². The van der Waals surface area contributed by atoms with Gasteiger partial charge in [-0.3, -0.25) is 9.69 Å². The van der Waals surface area contributed by atoms with Crippen LogP contribution < -0.4 is 0 Å². The standard InChI is InChI=1S/C12H12ClFN2O4S/c1-15-7-11(17)16(12(15)18)4-5-21(19,20)10-6-8(13)2-3-9(10)14/h2-3,6H,4-5,7H2,1H3. The maximum absolute atomic E-state index is 13.6. The third-order valence-corrected chi connectivity index (χ3v) is 4.98. The first-order chi connectivity index (χ1) is 9.72. The molecule has 0 bridgehead atoms. The number of benzene rings is 1. The molecule has 6 nitrogen and oxygen atoms in total. The summed E-state index contributed by atoms with van der Waals surface area (Å²) >= 11 is 5.66. The van der Waals surface area contributed by atoms with E-state index in [0.717, 1.165) is 17.0 Å². The highest BCUT2D eigenvalue weighted by molar-refractivity contribution is 7.91. The van der Waals surface area contributed by atoms with Gasteiger partial charge in [-0.1, -0.05) is 11.6 Å². The summed E-state index contributed by atoms with van der Waals surface area (Å²) in [4.78, 5) is 24.6. The first kappa shape index (κ1) is 15.7. The molecule has 21 heavy (non-hydrogen) atoms. The van der Waals surface area contributed by atoms with Crippen LogP contribution >= 0.6 is 11.6 Å². The monoisotopic (exact) mass is 334 g/mol. The lowest BCUT2D eigenvalue weighted by Crippen LogP contribution is -2.35. The number of halogens is 2. The van der Waals surface area contributed by atoms with E-state index < -0.39 is 38.2 Å². The minimum atomic E-state index is -3.99. The second-order valence-corrected chi connectivity index (χ2v) is 7.09. The summed E-state index contributed by atoms with van der Waals surface area (Å²) in [7, 11) is -2.55. The molecule has 1 fully saturated rings. The number of nitrogens with zero attached hydrogens (tertiary/aromatic N) is 2. The molecule has 9 heteroatoms. The summed E-state index contributed by atoms with van der Waals surface area (Å²) in [5, 5.41) is 0.0861. The molecule has 0 radical (unpaired) electrons. The summed E-state index contributed by atoms with van der Waals surface area (Å²) in [5.74, 6) is -1.96. The van der Waals surface area contributed by atoms with E-state index in [-0.39, 0.29) is 18.1 Å². The van der Waals surface area contributed by atoms with Gasteiger partial charge < -0.3 is 4.90 Å². The average Bonchev–Trinajstić information content (AvgIpc) is 2.64. The van der Waals surface area contributed by atoms with Gasteiger partial charge in [0, 0.05) is 18.6 Å². The van der Waals surface area contributed by atoms with Gasteiger partial charge in [0.25, 0.3) is 0 Å². The summed E-state index contributed by atoms with van der Waals surface area (Å²) in [6.45, 7) is -0.416. The molecule has 0 N–H and O–H groups in total. The number of carbonyl (C=O) groups is 2. The van der Waals surface area contributed by atoms with Gasteiger partial charge in [0.15, 0.2) is 9.84 Å². The first-order valence-electron chi connectivity index (χ1n) is 5.95. The van der Waals surface area contributed by atoms with Crippen molar-refractivity contribution in [2.75, 3.05) is 25.9 Å². The van der Waals surface area contributed by atoms with Gasteiger partial charge in [-0.2, -0.15) is 0 Å². The van der Waals surface area contributed by atoms with E-state index in [1.54, 1.807) is 0 Å². The number of carbonyl (C=O) groups excluding carboxylic acids is 2. The molecule has 1 aliphatic rings. The Kier molecular flexibility index (Phi) is 4.20. The molecule has 1 aliphatic heterocycles. The molecule has 0 unspecified atom stereocenters. The smallest absolute Gasteiger partial charge is 0.318 e. The van der Waals surface area contributed by atoms with Gasteiger partial charge >= 0.3 is 6.03 Å². The van der Waals surface area contributed by atoms with E-state index in [1.165, 1.54) is 18.0 Å². The van der Waals surface area contributed by atoms with E-state index in [9.17, 15) is 22.4 Å². The van der Waals surface area contributed by atoms with Crippen molar-refractivity contribution in [3.8, 4) is 0 Å². The number of imide groups is 1. The second kappa shape index (κ2) is 5.61. The van der Waals surface area contributed by atoms with Crippen LogP contribution in [-0.4, -0.2) is 56.0 Å². The van der Waals surface area contributed by atoms with Crippen LogP contribution in [0.5, 0.6) is 0 Å². The van der Waals surface area contributed by atoms with Crippen molar-refractivity contribution < 1.29 is 22.4 Å². The third-order valence-electron chi connectivity index (χ3n) is 3.04. The summed E-state index contributed by atoms with van der Waals surface area (Å²) < 4.78 is 37.8. The Morgan fingerprint density at radius 1 is 1.33 bits per heavy atom. The highest BCUT2D eigenvalue weighted by atomic mass is 35.5. The van der Waals surface area contributed by atoms with E-state index in [1.807, 2.05) is 0 Å². The highest BCUT2D eigenvalue weighted by Crippen LogP contribution is 2.21. The number of amides is 3. The Morgan fingerprint density at radius 2 is 2.00 bits per heavy atom. The Labute approximate surface area is 126 Å². The van der Waals surface area contributed by atoms with E-state index in [4.69, 9.17) is 11.6 Å². The predicted octanol–water partition coefficient (Wildman–Crippen LogP) is 1.15. The lowest BCUT2D eigenvalue weighted by Gasteiger charge is -2.14. The fourth-order valence-corrected chi connectivity index (χ4v) is 3.48. The van der Waals surface area contributed by atoms with Gasteiger partial charge in [0.1, 0.15) is 17.3 Å². The third kappa shape index (κ3) is 3.16. The van der Waals surface area contributed by atoms with Crippen molar-refractivity contribution in [2.24, 2.45) is 0 Å². The molecular formula is C12H12ClFN2O4S. The Balaban J connectivity index is 2.17. The SMILES string of the molecule is CN1CC(=O)N(CCS(=O)(=O)c2cc(Cl)ccc2F)C1=O. The van der Waals surface area contributed by atoms with Crippen LogP contribution in [0.25, 0.3) is 0 Å². The van der Waals surface area contributed by atoms with Crippen LogP contribution in [0, 0.1) is 5.82 Å². The van der Waals surface area contributed by atoms with E-state index in [0.29, 0.717) is 0 Å². The number of urea groups is 1. The minimum absolute atomic E-state index is 0.0861. The topological polar surface area (TPSA) is 74.8 Å². The predicted molar refractivity (Wildman–Crippen MR) is 73.2 cm³/mol. The molecule has 114 valence electrons.